The van der Waals surface area contributed by atoms with E-state index < -0.39 is 0 Å². The summed E-state index contributed by atoms with van der Waals surface area (Å²) in [5.41, 5.74) is 0. The zero-order valence-corrected chi connectivity index (χ0v) is 13.4. The fraction of sp³-hybridized carbons (Fsp3) is 0.462. The van der Waals surface area contributed by atoms with Crippen molar-refractivity contribution >= 4 is 45.1 Å². The molecule has 1 aliphatic carbocycles. The van der Waals surface area contributed by atoms with Gasteiger partial charge in [0, 0.05) is 6.04 Å². The van der Waals surface area contributed by atoms with Gasteiger partial charge in [0.25, 0.3) is 0 Å². The first-order chi connectivity index (χ1) is 9.81. The number of aromatic nitrogens is 2. The van der Waals surface area contributed by atoms with Crippen molar-refractivity contribution in [3.63, 3.8) is 0 Å². The molecule has 1 aliphatic rings. The predicted octanol–water partition coefficient (Wildman–Crippen LogP) is 3.89. The van der Waals surface area contributed by atoms with E-state index in [0.29, 0.717) is 11.2 Å². The van der Waals surface area contributed by atoms with E-state index in [1.165, 1.54) is 43.4 Å². The molecule has 2 aromatic heterocycles. The highest BCUT2D eigenvalue weighted by Crippen LogP contribution is 2.29. The quantitative estimate of drug-likeness (QED) is 0.839. The van der Waals surface area contributed by atoms with Gasteiger partial charge in [0.15, 0.2) is 10.1 Å². The molecule has 0 amide bonds. The zero-order chi connectivity index (χ0) is 13.8. The summed E-state index contributed by atoms with van der Waals surface area (Å²) in [6, 6.07) is 4.57. The van der Waals surface area contributed by atoms with Crippen molar-refractivity contribution in [3.05, 3.63) is 17.5 Å². The van der Waals surface area contributed by atoms with Gasteiger partial charge in [-0.25, -0.2) is 0 Å². The monoisotopic (exact) mass is 324 g/mol. The van der Waals surface area contributed by atoms with Gasteiger partial charge in [-0.15, -0.1) is 21.5 Å². The number of nitrogens with zero attached hydrogens (tertiary/aromatic N) is 2. The molecule has 106 valence electrons. The minimum Gasteiger partial charge on any atom is -0.360 e. The van der Waals surface area contributed by atoms with Crippen LogP contribution in [-0.4, -0.2) is 21.4 Å². The number of hydrogen-bond acceptors (Lipinski definition) is 5. The van der Waals surface area contributed by atoms with Crippen LogP contribution in [0.25, 0.3) is 9.88 Å². The molecule has 1 fully saturated rings. The number of nitrogens with one attached hydrogen (secondary N) is 2. The summed E-state index contributed by atoms with van der Waals surface area (Å²) < 4.78 is 0. The second kappa shape index (κ2) is 6.60. The van der Waals surface area contributed by atoms with Crippen molar-refractivity contribution in [2.24, 2.45) is 0 Å². The summed E-state index contributed by atoms with van der Waals surface area (Å²) in [7, 11) is 0. The molecular weight excluding hydrogens is 308 g/mol. The maximum absolute atomic E-state index is 5.35. The summed E-state index contributed by atoms with van der Waals surface area (Å²) >= 11 is 8.54. The molecule has 2 heterocycles. The van der Waals surface area contributed by atoms with Crippen LogP contribution in [0.5, 0.6) is 0 Å². The van der Waals surface area contributed by atoms with Gasteiger partial charge in [0.1, 0.15) is 0 Å². The smallest absolute Gasteiger partial charge is 0.212 e. The molecule has 0 spiro atoms. The lowest BCUT2D eigenvalue weighted by Crippen LogP contribution is -2.38. The summed E-state index contributed by atoms with van der Waals surface area (Å²) in [6.07, 6.45) is 6.35. The van der Waals surface area contributed by atoms with Crippen molar-refractivity contribution in [2.75, 3.05) is 5.32 Å². The normalized spacial score (nSPS) is 16.0. The molecular formula is C13H16N4S3. The Labute approximate surface area is 131 Å². The largest absolute Gasteiger partial charge is 0.360 e. The Bertz CT molecular complexity index is 558. The molecule has 0 atom stereocenters. The lowest BCUT2D eigenvalue weighted by atomic mass is 9.96. The van der Waals surface area contributed by atoms with E-state index in [-0.39, 0.29) is 0 Å². The highest BCUT2D eigenvalue weighted by molar-refractivity contribution is 7.80. The summed E-state index contributed by atoms with van der Waals surface area (Å²) in [4.78, 5) is 1.14. The zero-order valence-electron chi connectivity index (χ0n) is 11.0. The van der Waals surface area contributed by atoms with Gasteiger partial charge in [-0.1, -0.05) is 36.7 Å². The molecule has 2 N–H and O–H groups in total. The Morgan fingerprint density at radius 3 is 2.85 bits per heavy atom. The molecule has 0 bridgehead atoms. The van der Waals surface area contributed by atoms with E-state index in [1.807, 2.05) is 17.5 Å². The molecule has 4 nitrogen and oxygen atoms in total. The topological polar surface area (TPSA) is 49.8 Å². The third-order valence-corrected chi connectivity index (χ3v) is 5.42. The lowest BCUT2D eigenvalue weighted by Gasteiger charge is -2.23. The molecule has 0 aliphatic heterocycles. The second-order valence-electron chi connectivity index (χ2n) is 4.82. The molecule has 0 unspecified atom stereocenters. The third kappa shape index (κ3) is 3.53. The van der Waals surface area contributed by atoms with Gasteiger partial charge in [-0.05, 0) is 36.5 Å². The van der Waals surface area contributed by atoms with Crippen LogP contribution in [0.3, 0.4) is 0 Å². The first-order valence-electron chi connectivity index (χ1n) is 6.76. The Hall–Kier alpha value is -1.05. The Kier molecular flexibility index (Phi) is 4.59. The van der Waals surface area contributed by atoms with Crippen LogP contribution in [0.2, 0.25) is 0 Å². The Morgan fingerprint density at radius 2 is 2.10 bits per heavy atom. The molecule has 0 saturated heterocycles. The van der Waals surface area contributed by atoms with Gasteiger partial charge in [0.2, 0.25) is 5.13 Å². The minimum atomic E-state index is 0.508. The minimum absolute atomic E-state index is 0.508. The van der Waals surface area contributed by atoms with Gasteiger partial charge >= 0.3 is 0 Å². The number of thiocarbonyl (C=S) groups is 1. The van der Waals surface area contributed by atoms with E-state index in [9.17, 15) is 0 Å². The highest BCUT2D eigenvalue weighted by Gasteiger charge is 2.15. The number of hydrogen-bond donors (Lipinski definition) is 2. The van der Waals surface area contributed by atoms with Crippen LogP contribution < -0.4 is 10.6 Å². The van der Waals surface area contributed by atoms with E-state index in [2.05, 4.69) is 20.8 Å². The van der Waals surface area contributed by atoms with Gasteiger partial charge in [-0.2, -0.15) is 0 Å². The molecule has 2 aromatic rings. The fourth-order valence-corrected chi connectivity index (χ4v) is 4.21. The van der Waals surface area contributed by atoms with Gasteiger partial charge < -0.3 is 10.6 Å². The summed E-state index contributed by atoms with van der Waals surface area (Å²) in [6.45, 7) is 0. The van der Waals surface area contributed by atoms with Gasteiger partial charge in [-0.3, -0.25) is 0 Å². The van der Waals surface area contributed by atoms with Crippen molar-refractivity contribution < 1.29 is 0 Å². The maximum atomic E-state index is 5.35. The molecule has 0 radical (unpaired) electrons. The van der Waals surface area contributed by atoms with Crippen molar-refractivity contribution in [2.45, 2.75) is 38.1 Å². The fourth-order valence-electron chi connectivity index (χ4n) is 2.34. The van der Waals surface area contributed by atoms with Crippen LogP contribution in [0, 0.1) is 0 Å². The molecule has 20 heavy (non-hydrogen) atoms. The van der Waals surface area contributed by atoms with Crippen molar-refractivity contribution in [3.8, 4) is 9.88 Å². The van der Waals surface area contributed by atoms with Crippen LogP contribution in [0.15, 0.2) is 17.5 Å². The third-order valence-electron chi connectivity index (χ3n) is 3.32. The average molecular weight is 325 g/mol. The first-order valence-corrected chi connectivity index (χ1v) is 8.86. The summed E-state index contributed by atoms with van der Waals surface area (Å²) in [5, 5.41) is 19.2. The molecule has 1 saturated carbocycles. The number of rotatable bonds is 3. The van der Waals surface area contributed by atoms with Crippen LogP contribution in [-0.2, 0) is 0 Å². The average Bonchev–Trinajstić information content (AvgIpc) is 3.10. The first kappa shape index (κ1) is 13.9. The van der Waals surface area contributed by atoms with Crippen LogP contribution in [0.1, 0.15) is 32.1 Å². The van der Waals surface area contributed by atoms with Crippen LogP contribution in [0.4, 0.5) is 5.13 Å². The van der Waals surface area contributed by atoms with Gasteiger partial charge in [0.05, 0.1) is 4.88 Å². The van der Waals surface area contributed by atoms with Crippen molar-refractivity contribution in [1.82, 2.24) is 15.5 Å². The van der Waals surface area contributed by atoms with E-state index in [1.54, 1.807) is 11.3 Å². The van der Waals surface area contributed by atoms with E-state index >= 15 is 0 Å². The maximum Gasteiger partial charge on any atom is 0.212 e. The molecule has 7 heteroatoms. The number of thiophene rings is 1. The highest BCUT2D eigenvalue weighted by atomic mass is 32.1. The van der Waals surface area contributed by atoms with Crippen LogP contribution >= 0.6 is 34.9 Å². The molecule has 3 rings (SSSR count). The predicted molar refractivity (Wildman–Crippen MR) is 89.5 cm³/mol. The Morgan fingerprint density at radius 1 is 1.25 bits per heavy atom. The van der Waals surface area contributed by atoms with E-state index in [0.717, 1.165) is 15.0 Å². The van der Waals surface area contributed by atoms with Crippen molar-refractivity contribution in [1.29, 1.82) is 0 Å². The van der Waals surface area contributed by atoms with E-state index in [4.69, 9.17) is 12.2 Å². The summed E-state index contributed by atoms with van der Waals surface area (Å²) in [5.74, 6) is 0. The molecule has 0 aromatic carbocycles. The Balaban J connectivity index is 1.56. The number of anilines is 1. The lowest BCUT2D eigenvalue weighted by molar-refractivity contribution is 0.415. The second-order valence-corrected chi connectivity index (χ2v) is 7.16. The standard InChI is InChI=1S/C13H16N4S3/c18-12(14-9-5-2-1-3-6-9)15-13-17-16-11(20-13)10-7-4-8-19-10/h4,7-9H,1-3,5-6H2,(H2,14,15,17,18). The SMILES string of the molecule is S=C(Nc1nnc(-c2cccs2)s1)NC1CCCCC1.